The third kappa shape index (κ3) is 2.24. The molecule has 1 N–H and O–H groups in total. The molecule has 2 rings (SSSR count). The molecule has 0 aliphatic carbocycles. The van der Waals surface area contributed by atoms with Crippen molar-refractivity contribution in [2.45, 2.75) is 13.5 Å². The maximum absolute atomic E-state index is 12.8. The fourth-order valence-electron chi connectivity index (χ4n) is 1.51. The van der Waals surface area contributed by atoms with Gasteiger partial charge in [-0.3, -0.25) is 4.79 Å². The van der Waals surface area contributed by atoms with E-state index < -0.39 is 0 Å². The molecule has 0 atom stereocenters. The molecule has 0 aliphatic heterocycles. The van der Waals surface area contributed by atoms with Crippen LogP contribution in [0.15, 0.2) is 35.1 Å². The van der Waals surface area contributed by atoms with E-state index in [0.717, 1.165) is 0 Å². The summed E-state index contributed by atoms with van der Waals surface area (Å²) in [6, 6.07) is 6.80. The molecule has 4 nitrogen and oxygen atoms in total. The fourth-order valence-corrected chi connectivity index (χ4v) is 1.51. The number of hydrogen-bond donors (Lipinski definition) is 1. The van der Waals surface area contributed by atoms with Gasteiger partial charge >= 0.3 is 0 Å². The normalized spacial score (nSPS) is 10.5. The first-order valence-corrected chi connectivity index (χ1v) is 5.08. The van der Waals surface area contributed by atoms with E-state index in [1.54, 1.807) is 6.92 Å². The van der Waals surface area contributed by atoms with Gasteiger partial charge in [-0.1, -0.05) is 0 Å². The number of aromatic nitrogens is 2. The van der Waals surface area contributed by atoms with Crippen LogP contribution in [0.2, 0.25) is 0 Å². The van der Waals surface area contributed by atoms with Gasteiger partial charge < -0.3 is 5.11 Å². The molecule has 0 bridgehead atoms. The van der Waals surface area contributed by atoms with E-state index in [-0.39, 0.29) is 18.0 Å². The Labute approximate surface area is 97.0 Å². The van der Waals surface area contributed by atoms with Crippen molar-refractivity contribution in [3.8, 4) is 5.69 Å². The molecule has 0 saturated carbocycles. The SMILES string of the molecule is Cc1nn(-c2ccc(F)cc2)c(=O)cc1CO. The van der Waals surface area contributed by atoms with Crippen LogP contribution in [0.5, 0.6) is 0 Å². The van der Waals surface area contributed by atoms with Crippen LogP contribution >= 0.6 is 0 Å². The first-order valence-electron chi connectivity index (χ1n) is 5.08. The highest BCUT2D eigenvalue weighted by atomic mass is 19.1. The lowest BCUT2D eigenvalue weighted by molar-refractivity contribution is 0.279. The Kier molecular flexibility index (Phi) is 3.01. The van der Waals surface area contributed by atoms with Crippen LogP contribution in [0.1, 0.15) is 11.3 Å². The van der Waals surface area contributed by atoms with E-state index in [4.69, 9.17) is 5.11 Å². The molecule has 0 spiro atoms. The van der Waals surface area contributed by atoms with Gasteiger partial charge in [0.15, 0.2) is 0 Å². The molecule has 0 aliphatic rings. The van der Waals surface area contributed by atoms with E-state index in [9.17, 15) is 9.18 Å². The van der Waals surface area contributed by atoms with Crippen LogP contribution < -0.4 is 5.56 Å². The number of benzene rings is 1. The number of aliphatic hydroxyl groups excluding tert-OH is 1. The molecule has 0 amide bonds. The molecule has 88 valence electrons. The first kappa shape index (κ1) is 11.5. The Bertz CT molecular complexity index is 590. The Hall–Kier alpha value is -2.01. The summed E-state index contributed by atoms with van der Waals surface area (Å²) in [5.74, 6) is -0.370. The number of aryl methyl sites for hydroxylation is 1. The quantitative estimate of drug-likeness (QED) is 0.848. The molecular formula is C12H11FN2O2. The number of aliphatic hydroxyl groups is 1. The molecule has 17 heavy (non-hydrogen) atoms. The lowest BCUT2D eigenvalue weighted by Gasteiger charge is -2.07. The first-order chi connectivity index (χ1) is 8.11. The van der Waals surface area contributed by atoms with Crippen LogP contribution in [0, 0.1) is 12.7 Å². The lowest BCUT2D eigenvalue weighted by Crippen LogP contribution is -2.22. The van der Waals surface area contributed by atoms with Gasteiger partial charge in [0, 0.05) is 11.6 Å². The smallest absolute Gasteiger partial charge is 0.271 e. The molecule has 1 aromatic heterocycles. The van der Waals surface area contributed by atoms with E-state index in [1.165, 1.54) is 35.0 Å². The molecule has 5 heteroatoms. The third-order valence-electron chi connectivity index (χ3n) is 2.46. The van der Waals surface area contributed by atoms with E-state index in [1.807, 2.05) is 0 Å². The number of rotatable bonds is 2. The van der Waals surface area contributed by atoms with Crippen molar-refractivity contribution in [1.82, 2.24) is 9.78 Å². The third-order valence-corrected chi connectivity index (χ3v) is 2.46. The Morgan fingerprint density at radius 3 is 2.59 bits per heavy atom. The van der Waals surface area contributed by atoms with Crippen LogP contribution in [-0.2, 0) is 6.61 Å². The molecular weight excluding hydrogens is 223 g/mol. The van der Waals surface area contributed by atoms with Gasteiger partial charge in [-0.25, -0.2) is 4.39 Å². The van der Waals surface area contributed by atoms with Gasteiger partial charge in [-0.05, 0) is 31.2 Å². The molecule has 0 unspecified atom stereocenters. The average Bonchev–Trinajstić information content (AvgIpc) is 2.33. The van der Waals surface area contributed by atoms with Crippen molar-refractivity contribution < 1.29 is 9.50 Å². The summed E-state index contributed by atoms with van der Waals surface area (Å²) in [7, 11) is 0. The maximum Gasteiger partial charge on any atom is 0.271 e. The van der Waals surface area contributed by atoms with Crippen LogP contribution in [0.4, 0.5) is 4.39 Å². The molecule has 2 aromatic rings. The van der Waals surface area contributed by atoms with Crippen molar-refractivity contribution >= 4 is 0 Å². The number of hydrogen-bond acceptors (Lipinski definition) is 3. The summed E-state index contributed by atoms with van der Waals surface area (Å²) in [6.07, 6.45) is 0. The topological polar surface area (TPSA) is 55.1 Å². The van der Waals surface area contributed by atoms with Crippen molar-refractivity contribution in [2.24, 2.45) is 0 Å². The van der Waals surface area contributed by atoms with Gasteiger partial charge in [0.2, 0.25) is 0 Å². The summed E-state index contributed by atoms with van der Waals surface area (Å²) in [4.78, 5) is 11.7. The Morgan fingerprint density at radius 2 is 2.00 bits per heavy atom. The van der Waals surface area contributed by atoms with E-state index in [2.05, 4.69) is 5.10 Å². The zero-order valence-corrected chi connectivity index (χ0v) is 9.22. The highest BCUT2D eigenvalue weighted by Gasteiger charge is 2.06. The Morgan fingerprint density at radius 1 is 1.35 bits per heavy atom. The number of halogens is 1. The molecule has 0 fully saturated rings. The van der Waals surface area contributed by atoms with Crippen LogP contribution in [-0.4, -0.2) is 14.9 Å². The largest absolute Gasteiger partial charge is 0.392 e. The minimum absolute atomic E-state index is 0.224. The van der Waals surface area contributed by atoms with E-state index in [0.29, 0.717) is 16.9 Å². The summed E-state index contributed by atoms with van der Waals surface area (Å²) < 4.78 is 13.9. The Balaban J connectivity index is 2.56. The molecule has 1 heterocycles. The molecule has 0 saturated heterocycles. The summed E-state index contributed by atoms with van der Waals surface area (Å²) in [5, 5.41) is 13.1. The zero-order valence-electron chi connectivity index (χ0n) is 9.22. The number of nitrogens with zero attached hydrogens (tertiary/aromatic N) is 2. The van der Waals surface area contributed by atoms with Gasteiger partial charge in [-0.15, -0.1) is 0 Å². The minimum atomic E-state index is -0.370. The van der Waals surface area contributed by atoms with Crippen molar-refractivity contribution in [2.75, 3.05) is 0 Å². The summed E-state index contributed by atoms with van der Waals surface area (Å²) in [5.41, 5.74) is 1.19. The minimum Gasteiger partial charge on any atom is -0.392 e. The second-order valence-electron chi connectivity index (χ2n) is 3.64. The van der Waals surface area contributed by atoms with Gasteiger partial charge in [-0.2, -0.15) is 9.78 Å². The van der Waals surface area contributed by atoms with Crippen molar-refractivity contribution in [3.05, 3.63) is 57.8 Å². The summed E-state index contributed by atoms with van der Waals surface area (Å²) in [6.45, 7) is 1.48. The van der Waals surface area contributed by atoms with Crippen molar-refractivity contribution in [3.63, 3.8) is 0 Å². The van der Waals surface area contributed by atoms with Gasteiger partial charge in [0.1, 0.15) is 5.82 Å². The fraction of sp³-hybridized carbons (Fsp3) is 0.167. The second-order valence-corrected chi connectivity index (χ2v) is 3.64. The van der Waals surface area contributed by atoms with Gasteiger partial charge in [0.05, 0.1) is 18.0 Å². The summed E-state index contributed by atoms with van der Waals surface area (Å²) >= 11 is 0. The average molecular weight is 234 g/mol. The molecule has 0 radical (unpaired) electrons. The lowest BCUT2D eigenvalue weighted by atomic mass is 10.2. The predicted molar refractivity (Wildman–Crippen MR) is 60.5 cm³/mol. The van der Waals surface area contributed by atoms with Crippen LogP contribution in [0.3, 0.4) is 0 Å². The molecule has 1 aromatic carbocycles. The highest BCUT2D eigenvalue weighted by Crippen LogP contribution is 2.07. The predicted octanol–water partition coefficient (Wildman–Crippen LogP) is 1.17. The maximum atomic E-state index is 12.8. The highest BCUT2D eigenvalue weighted by molar-refractivity contribution is 5.31. The standard InChI is InChI=1S/C12H11FN2O2/c1-8-9(7-16)6-12(17)15(14-8)11-4-2-10(13)3-5-11/h2-6,16H,7H2,1H3. The second kappa shape index (κ2) is 4.47. The van der Waals surface area contributed by atoms with Crippen LogP contribution in [0.25, 0.3) is 5.69 Å². The van der Waals surface area contributed by atoms with Gasteiger partial charge in [0.25, 0.3) is 5.56 Å². The monoisotopic (exact) mass is 234 g/mol. The van der Waals surface area contributed by atoms with E-state index >= 15 is 0 Å². The van der Waals surface area contributed by atoms with Crippen molar-refractivity contribution in [1.29, 1.82) is 0 Å². The zero-order chi connectivity index (χ0) is 12.4.